The smallest absolute Gasteiger partial charge is 0.313 e. The fourth-order valence-corrected chi connectivity index (χ4v) is 3.46. The van der Waals surface area contributed by atoms with E-state index >= 15 is 0 Å². The van der Waals surface area contributed by atoms with E-state index in [0.29, 0.717) is 5.06 Å². The summed E-state index contributed by atoms with van der Waals surface area (Å²) in [7, 11) is 0. The van der Waals surface area contributed by atoms with Crippen LogP contribution in [0.3, 0.4) is 0 Å². The zero-order chi connectivity index (χ0) is 18.3. The Morgan fingerprint density at radius 3 is 2.50 bits per heavy atom. The summed E-state index contributed by atoms with van der Waals surface area (Å²) in [6.45, 7) is 1.83. The molecular formula is C20H18N2O4. The third-order valence-electron chi connectivity index (χ3n) is 4.83. The average Bonchev–Trinajstić information content (AvgIpc) is 3.15. The topological polar surface area (TPSA) is 75.7 Å². The van der Waals surface area contributed by atoms with Gasteiger partial charge in [0, 0.05) is 12.8 Å². The Balaban J connectivity index is 1.45. The lowest BCUT2D eigenvalue weighted by atomic mass is 10.0. The van der Waals surface area contributed by atoms with Gasteiger partial charge in [-0.3, -0.25) is 9.59 Å². The lowest BCUT2D eigenvalue weighted by molar-refractivity contribution is -0.171. The van der Waals surface area contributed by atoms with E-state index in [1.807, 2.05) is 25.1 Å². The molecule has 1 fully saturated rings. The van der Waals surface area contributed by atoms with Gasteiger partial charge in [-0.15, -0.1) is 5.06 Å². The highest BCUT2D eigenvalue weighted by Gasteiger charge is 2.33. The van der Waals surface area contributed by atoms with E-state index in [9.17, 15) is 14.4 Å². The normalized spacial score (nSPS) is 16.3. The average molecular weight is 350 g/mol. The maximum atomic E-state index is 12.0. The molecule has 1 saturated heterocycles. The summed E-state index contributed by atoms with van der Waals surface area (Å²) < 4.78 is 0. The summed E-state index contributed by atoms with van der Waals surface area (Å²) in [5.74, 6) is -0.985. The van der Waals surface area contributed by atoms with Gasteiger partial charge in [-0.1, -0.05) is 42.5 Å². The first-order valence-electron chi connectivity index (χ1n) is 8.58. The molecule has 1 aliphatic carbocycles. The molecule has 1 aliphatic heterocycles. The molecule has 0 aromatic heterocycles. The van der Waals surface area contributed by atoms with Crippen LogP contribution in [-0.4, -0.2) is 23.0 Å². The second-order valence-corrected chi connectivity index (χ2v) is 6.58. The van der Waals surface area contributed by atoms with Crippen LogP contribution in [0.2, 0.25) is 0 Å². The van der Waals surface area contributed by atoms with Crippen molar-refractivity contribution in [2.75, 3.05) is 0 Å². The second kappa shape index (κ2) is 6.29. The van der Waals surface area contributed by atoms with Crippen molar-refractivity contribution < 1.29 is 19.2 Å². The van der Waals surface area contributed by atoms with Gasteiger partial charge in [0.2, 0.25) is 0 Å². The summed E-state index contributed by atoms with van der Waals surface area (Å²) >= 11 is 0. The van der Waals surface area contributed by atoms with E-state index in [2.05, 4.69) is 29.6 Å². The number of benzene rings is 2. The molecule has 0 radical (unpaired) electrons. The molecule has 2 aromatic rings. The molecule has 6 nitrogen and oxygen atoms in total. The molecule has 4 rings (SSSR count). The van der Waals surface area contributed by atoms with Crippen LogP contribution in [0.4, 0.5) is 4.79 Å². The largest absolute Gasteiger partial charge is 0.432 e. The van der Waals surface area contributed by atoms with E-state index in [4.69, 9.17) is 4.84 Å². The Morgan fingerprint density at radius 2 is 1.73 bits per heavy atom. The van der Waals surface area contributed by atoms with E-state index in [0.717, 1.165) is 12.0 Å². The molecule has 1 atom stereocenters. The monoisotopic (exact) mass is 350 g/mol. The Hall–Kier alpha value is -3.15. The Labute approximate surface area is 150 Å². The minimum atomic E-state index is -0.815. The van der Waals surface area contributed by atoms with E-state index in [-0.39, 0.29) is 18.9 Å². The molecule has 1 unspecified atom stereocenters. The third-order valence-corrected chi connectivity index (χ3v) is 4.83. The SMILES string of the molecule is CC(NC(=O)ON1C(=O)CCC1=O)c1ccc2c(c1)Cc1ccccc1-2. The van der Waals surface area contributed by atoms with Crippen molar-refractivity contribution in [3.05, 3.63) is 59.2 Å². The van der Waals surface area contributed by atoms with Crippen molar-refractivity contribution in [1.29, 1.82) is 0 Å². The molecule has 1 heterocycles. The van der Waals surface area contributed by atoms with Gasteiger partial charge in [0.05, 0.1) is 6.04 Å². The lowest BCUT2D eigenvalue weighted by Gasteiger charge is -2.18. The number of imide groups is 1. The molecule has 1 N–H and O–H groups in total. The van der Waals surface area contributed by atoms with Crippen molar-refractivity contribution >= 4 is 17.9 Å². The van der Waals surface area contributed by atoms with Gasteiger partial charge in [0.15, 0.2) is 0 Å². The lowest BCUT2D eigenvalue weighted by Crippen LogP contribution is -2.37. The first-order chi connectivity index (χ1) is 12.5. The van der Waals surface area contributed by atoms with Crippen LogP contribution < -0.4 is 5.32 Å². The number of fused-ring (bicyclic) bond motifs is 3. The minimum absolute atomic E-state index is 0.0764. The van der Waals surface area contributed by atoms with Crippen LogP contribution in [0.5, 0.6) is 0 Å². The number of amides is 3. The number of nitrogens with zero attached hydrogens (tertiary/aromatic N) is 1. The first-order valence-corrected chi connectivity index (χ1v) is 8.58. The summed E-state index contributed by atoms with van der Waals surface area (Å²) in [6, 6.07) is 14.1. The first kappa shape index (κ1) is 16.3. The molecular weight excluding hydrogens is 332 g/mol. The third kappa shape index (κ3) is 2.83. The molecule has 26 heavy (non-hydrogen) atoms. The standard InChI is InChI=1S/C20H18N2O4/c1-12(21-20(25)26-22-18(23)8-9-19(22)24)13-6-7-17-15(10-13)11-14-4-2-3-5-16(14)17/h2-7,10,12H,8-9,11H2,1H3,(H,21,25). The van der Waals surface area contributed by atoms with Crippen LogP contribution in [-0.2, 0) is 20.8 Å². The quantitative estimate of drug-likeness (QED) is 0.737. The summed E-state index contributed by atoms with van der Waals surface area (Å²) in [6.07, 6.45) is 0.206. The van der Waals surface area contributed by atoms with Crippen molar-refractivity contribution in [2.45, 2.75) is 32.2 Å². The van der Waals surface area contributed by atoms with Gasteiger partial charge in [0.1, 0.15) is 0 Å². The molecule has 2 aliphatic rings. The number of carbonyl (C=O) groups is 3. The van der Waals surface area contributed by atoms with Crippen LogP contribution in [0, 0.1) is 0 Å². The zero-order valence-electron chi connectivity index (χ0n) is 14.3. The highest BCUT2D eigenvalue weighted by molar-refractivity contribution is 6.01. The zero-order valence-corrected chi connectivity index (χ0v) is 14.3. The van der Waals surface area contributed by atoms with Gasteiger partial charge < -0.3 is 10.2 Å². The van der Waals surface area contributed by atoms with Crippen molar-refractivity contribution in [2.24, 2.45) is 0 Å². The molecule has 0 saturated carbocycles. The van der Waals surface area contributed by atoms with Crippen LogP contribution in [0.25, 0.3) is 11.1 Å². The Bertz CT molecular complexity index is 906. The second-order valence-electron chi connectivity index (χ2n) is 6.58. The van der Waals surface area contributed by atoms with Gasteiger partial charge in [-0.2, -0.15) is 0 Å². The number of rotatable bonds is 3. The number of hydrogen-bond donors (Lipinski definition) is 1. The number of carbonyl (C=O) groups excluding carboxylic acids is 3. The maximum Gasteiger partial charge on any atom is 0.432 e. The van der Waals surface area contributed by atoms with Gasteiger partial charge in [0.25, 0.3) is 11.8 Å². The fourth-order valence-electron chi connectivity index (χ4n) is 3.46. The highest BCUT2D eigenvalue weighted by Crippen LogP contribution is 2.37. The van der Waals surface area contributed by atoms with Crippen molar-refractivity contribution in [3.63, 3.8) is 0 Å². The van der Waals surface area contributed by atoms with E-state index < -0.39 is 17.9 Å². The molecule has 0 spiro atoms. The van der Waals surface area contributed by atoms with Crippen LogP contribution in [0.1, 0.15) is 42.5 Å². The van der Waals surface area contributed by atoms with Gasteiger partial charge in [-0.25, -0.2) is 4.79 Å². The van der Waals surface area contributed by atoms with E-state index in [1.54, 1.807) is 0 Å². The number of hydroxylamine groups is 2. The van der Waals surface area contributed by atoms with E-state index in [1.165, 1.54) is 22.3 Å². The maximum absolute atomic E-state index is 12.0. The molecule has 0 bridgehead atoms. The molecule has 2 aromatic carbocycles. The van der Waals surface area contributed by atoms with Crippen molar-refractivity contribution in [3.8, 4) is 11.1 Å². The molecule has 3 amide bonds. The number of hydrogen-bond acceptors (Lipinski definition) is 4. The molecule has 132 valence electrons. The molecule has 6 heteroatoms. The minimum Gasteiger partial charge on any atom is -0.313 e. The van der Waals surface area contributed by atoms with Crippen LogP contribution in [0.15, 0.2) is 42.5 Å². The van der Waals surface area contributed by atoms with Crippen molar-refractivity contribution in [1.82, 2.24) is 10.4 Å². The van der Waals surface area contributed by atoms with Gasteiger partial charge in [-0.05, 0) is 41.2 Å². The summed E-state index contributed by atoms with van der Waals surface area (Å²) in [5.41, 5.74) is 5.92. The Morgan fingerprint density at radius 1 is 1.04 bits per heavy atom. The Kier molecular flexibility index (Phi) is 3.95. The summed E-state index contributed by atoms with van der Waals surface area (Å²) in [5, 5.41) is 3.21. The fraction of sp³-hybridized carbons (Fsp3) is 0.250. The predicted octanol–water partition coefficient (Wildman–Crippen LogP) is 3.11. The van der Waals surface area contributed by atoms with Gasteiger partial charge >= 0.3 is 6.09 Å². The van der Waals surface area contributed by atoms with Crippen LogP contribution >= 0.6 is 0 Å². The number of nitrogens with one attached hydrogen (secondary N) is 1. The summed E-state index contributed by atoms with van der Waals surface area (Å²) in [4.78, 5) is 39.9. The predicted molar refractivity (Wildman–Crippen MR) is 93.8 cm³/mol. The highest BCUT2D eigenvalue weighted by atomic mass is 16.7.